The molecule has 2 rings (SSSR count). The van der Waals surface area contributed by atoms with E-state index >= 15 is 0 Å². The molecule has 1 heterocycles. The van der Waals surface area contributed by atoms with Crippen LogP contribution in [0.2, 0.25) is 0 Å². The summed E-state index contributed by atoms with van der Waals surface area (Å²) in [6.07, 6.45) is 8.75. The van der Waals surface area contributed by atoms with Gasteiger partial charge in [0.1, 0.15) is 10.0 Å². The van der Waals surface area contributed by atoms with Gasteiger partial charge in [-0.15, -0.1) is 21.5 Å². The SMILES string of the molecule is CCC1(c2nnc(CCCNC(C)(C)C)s2)CCCC1. The molecule has 114 valence electrons. The summed E-state index contributed by atoms with van der Waals surface area (Å²) < 4.78 is 0. The number of nitrogens with one attached hydrogen (secondary N) is 1. The lowest BCUT2D eigenvalue weighted by Crippen LogP contribution is -2.36. The van der Waals surface area contributed by atoms with Crippen molar-refractivity contribution in [3.05, 3.63) is 10.0 Å². The number of hydrogen-bond donors (Lipinski definition) is 1. The first-order valence-electron chi connectivity index (χ1n) is 8.03. The van der Waals surface area contributed by atoms with E-state index in [1.807, 2.05) is 11.3 Å². The molecule has 1 aliphatic carbocycles. The van der Waals surface area contributed by atoms with Crippen molar-refractivity contribution in [2.75, 3.05) is 6.54 Å². The smallest absolute Gasteiger partial charge is 0.123 e. The highest BCUT2D eigenvalue weighted by Gasteiger charge is 2.37. The maximum Gasteiger partial charge on any atom is 0.123 e. The monoisotopic (exact) mass is 295 g/mol. The van der Waals surface area contributed by atoms with Crippen LogP contribution >= 0.6 is 11.3 Å². The molecule has 1 saturated carbocycles. The predicted octanol–water partition coefficient (Wildman–Crippen LogP) is 4.08. The molecule has 1 aromatic rings. The third-order valence-electron chi connectivity index (χ3n) is 4.38. The molecule has 0 aliphatic heterocycles. The van der Waals surface area contributed by atoms with Crippen molar-refractivity contribution in [1.82, 2.24) is 15.5 Å². The Kier molecular flexibility index (Phi) is 5.19. The van der Waals surface area contributed by atoms with Gasteiger partial charge in [0.25, 0.3) is 0 Å². The summed E-state index contributed by atoms with van der Waals surface area (Å²) in [6.45, 7) is 9.99. The van der Waals surface area contributed by atoms with Crippen LogP contribution < -0.4 is 5.32 Å². The van der Waals surface area contributed by atoms with Gasteiger partial charge in [-0.2, -0.15) is 0 Å². The minimum atomic E-state index is 0.211. The normalized spacial score (nSPS) is 18.6. The van der Waals surface area contributed by atoms with Crippen LogP contribution in [-0.2, 0) is 11.8 Å². The second-order valence-electron chi connectivity index (χ2n) is 7.12. The van der Waals surface area contributed by atoms with Crippen molar-refractivity contribution in [1.29, 1.82) is 0 Å². The lowest BCUT2D eigenvalue weighted by molar-refractivity contribution is 0.419. The quantitative estimate of drug-likeness (QED) is 0.804. The maximum absolute atomic E-state index is 4.52. The topological polar surface area (TPSA) is 37.8 Å². The summed E-state index contributed by atoms with van der Waals surface area (Å²) in [5.74, 6) is 0. The summed E-state index contributed by atoms with van der Waals surface area (Å²) in [4.78, 5) is 0. The third kappa shape index (κ3) is 4.01. The second kappa shape index (κ2) is 6.52. The van der Waals surface area contributed by atoms with Gasteiger partial charge in [-0.1, -0.05) is 19.8 Å². The van der Waals surface area contributed by atoms with E-state index in [0.29, 0.717) is 5.41 Å². The van der Waals surface area contributed by atoms with E-state index in [-0.39, 0.29) is 5.54 Å². The molecule has 0 unspecified atom stereocenters. The number of rotatable bonds is 6. The molecule has 0 spiro atoms. The highest BCUT2D eigenvalue weighted by Crippen LogP contribution is 2.44. The van der Waals surface area contributed by atoms with Crippen molar-refractivity contribution in [2.24, 2.45) is 0 Å². The average Bonchev–Trinajstić information content (AvgIpc) is 3.03. The van der Waals surface area contributed by atoms with Gasteiger partial charge in [0.05, 0.1) is 0 Å². The summed E-state index contributed by atoms with van der Waals surface area (Å²) in [7, 11) is 0. The first-order chi connectivity index (χ1) is 9.45. The Labute approximate surface area is 127 Å². The zero-order valence-electron chi connectivity index (χ0n) is 13.5. The molecule has 0 saturated heterocycles. The summed E-state index contributed by atoms with van der Waals surface area (Å²) in [5, 5.41) is 15.0. The molecule has 0 aromatic carbocycles. The summed E-state index contributed by atoms with van der Waals surface area (Å²) >= 11 is 1.86. The zero-order chi connectivity index (χ0) is 14.6. The van der Waals surface area contributed by atoms with Crippen molar-refractivity contribution in [3.63, 3.8) is 0 Å². The number of aromatic nitrogens is 2. The largest absolute Gasteiger partial charge is 0.312 e. The molecule has 4 heteroatoms. The van der Waals surface area contributed by atoms with Gasteiger partial charge in [-0.25, -0.2) is 0 Å². The molecule has 0 amide bonds. The van der Waals surface area contributed by atoms with E-state index in [9.17, 15) is 0 Å². The van der Waals surface area contributed by atoms with Gasteiger partial charge in [-0.05, 0) is 53.0 Å². The Morgan fingerprint density at radius 3 is 2.50 bits per heavy atom. The van der Waals surface area contributed by atoms with E-state index in [2.05, 4.69) is 43.2 Å². The standard InChI is InChI=1S/C16H29N3S/c1-5-16(10-6-7-11-16)14-19-18-13(20-14)9-8-12-17-15(2,3)4/h17H,5-12H2,1-4H3. The fourth-order valence-electron chi connectivity index (χ4n) is 3.04. The number of hydrogen-bond acceptors (Lipinski definition) is 4. The molecular weight excluding hydrogens is 266 g/mol. The van der Waals surface area contributed by atoms with Crippen molar-refractivity contribution in [3.8, 4) is 0 Å². The van der Waals surface area contributed by atoms with Crippen LogP contribution in [0.3, 0.4) is 0 Å². The maximum atomic E-state index is 4.52. The number of nitrogens with zero attached hydrogens (tertiary/aromatic N) is 2. The van der Waals surface area contributed by atoms with Gasteiger partial charge in [0.15, 0.2) is 0 Å². The summed E-state index contributed by atoms with van der Waals surface area (Å²) in [6, 6.07) is 0. The van der Waals surface area contributed by atoms with Gasteiger partial charge in [0.2, 0.25) is 0 Å². The first-order valence-corrected chi connectivity index (χ1v) is 8.85. The molecule has 1 aliphatic rings. The Balaban J connectivity index is 1.86. The Morgan fingerprint density at radius 1 is 1.20 bits per heavy atom. The lowest BCUT2D eigenvalue weighted by atomic mass is 9.84. The molecule has 20 heavy (non-hydrogen) atoms. The van der Waals surface area contributed by atoms with Crippen LogP contribution in [0, 0.1) is 0 Å². The van der Waals surface area contributed by atoms with E-state index in [1.54, 1.807) is 0 Å². The van der Waals surface area contributed by atoms with Crippen molar-refractivity contribution in [2.45, 2.75) is 83.6 Å². The molecular formula is C16H29N3S. The second-order valence-corrected chi connectivity index (χ2v) is 8.18. The molecule has 0 bridgehead atoms. The van der Waals surface area contributed by atoms with Crippen LogP contribution in [0.15, 0.2) is 0 Å². The number of aryl methyl sites for hydroxylation is 1. The van der Waals surface area contributed by atoms with Crippen LogP contribution in [0.5, 0.6) is 0 Å². The predicted molar refractivity (Wildman–Crippen MR) is 86.4 cm³/mol. The highest BCUT2D eigenvalue weighted by atomic mass is 32.1. The Morgan fingerprint density at radius 2 is 1.90 bits per heavy atom. The minimum absolute atomic E-state index is 0.211. The highest BCUT2D eigenvalue weighted by molar-refractivity contribution is 7.11. The lowest BCUT2D eigenvalue weighted by Gasteiger charge is -2.23. The van der Waals surface area contributed by atoms with E-state index in [1.165, 1.54) is 42.1 Å². The average molecular weight is 295 g/mol. The van der Waals surface area contributed by atoms with Crippen molar-refractivity contribution < 1.29 is 0 Å². The Bertz CT molecular complexity index is 414. The van der Waals surface area contributed by atoms with Crippen LogP contribution in [-0.4, -0.2) is 22.3 Å². The molecule has 0 radical (unpaired) electrons. The third-order valence-corrected chi connectivity index (χ3v) is 5.61. The van der Waals surface area contributed by atoms with E-state index in [0.717, 1.165) is 19.4 Å². The van der Waals surface area contributed by atoms with Gasteiger partial charge < -0.3 is 5.32 Å². The van der Waals surface area contributed by atoms with E-state index in [4.69, 9.17) is 0 Å². The molecule has 1 fully saturated rings. The molecule has 1 N–H and O–H groups in total. The van der Waals surface area contributed by atoms with Gasteiger partial charge in [-0.3, -0.25) is 0 Å². The van der Waals surface area contributed by atoms with Crippen LogP contribution in [0.1, 0.15) is 76.2 Å². The van der Waals surface area contributed by atoms with Gasteiger partial charge in [0, 0.05) is 17.4 Å². The molecule has 1 aromatic heterocycles. The van der Waals surface area contributed by atoms with Crippen LogP contribution in [0.25, 0.3) is 0 Å². The molecule has 0 atom stereocenters. The zero-order valence-corrected chi connectivity index (χ0v) is 14.3. The van der Waals surface area contributed by atoms with Gasteiger partial charge >= 0.3 is 0 Å². The minimum Gasteiger partial charge on any atom is -0.312 e. The van der Waals surface area contributed by atoms with E-state index < -0.39 is 0 Å². The van der Waals surface area contributed by atoms with Crippen LogP contribution in [0.4, 0.5) is 0 Å². The summed E-state index contributed by atoms with van der Waals surface area (Å²) in [5.41, 5.74) is 0.571. The molecule has 3 nitrogen and oxygen atoms in total. The first kappa shape index (κ1) is 15.9. The fraction of sp³-hybridized carbons (Fsp3) is 0.875. The fourth-order valence-corrected chi connectivity index (χ4v) is 4.24. The van der Waals surface area contributed by atoms with Crippen molar-refractivity contribution >= 4 is 11.3 Å². The Hall–Kier alpha value is -0.480.